The normalized spacial score (nSPS) is 10.7. The standard InChI is InChI=1S/C15H10O5.C15H10O2/c16-9-3-1-8(2-4-9)11-7-20-13-6-10(17)5-12(18)14(13)15(11)19;16-15-12-8-4-5-9-14(12)17-10-13(15)11-6-2-1-3-7-11/h1-7,16-18H;1-10H. The first kappa shape index (κ1) is 23.4. The second kappa shape index (κ2) is 9.75. The first-order valence-corrected chi connectivity index (χ1v) is 11.3. The SMILES string of the molecule is O=c1c(-c2ccc(O)cc2)coc2cc(O)cc(O)c12.O=c1c(-c2ccccc2)coc2ccccc12. The van der Waals surface area contributed by atoms with Crippen LogP contribution in [-0.4, -0.2) is 15.3 Å². The molecule has 6 aromatic rings. The van der Waals surface area contributed by atoms with Crippen LogP contribution in [0.25, 0.3) is 44.2 Å². The van der Waals surface area contributed by atoms with Crippen LogP contribution < -0.4 is 10.9 Å². The molecule has 0 fully saturated rings. The van der Waals surface area contributed by atoms with Gasteiger partial charge in [-0.05, 0) is 35.4 Å². The van der Waals surface area contributed by atoms with Gasteiger partial charge in [-0.2, -0.15) is 0 Å². The monoisotopic (exact) mass is 492 g/mol. The molecule has 0 saturated carbocycles. The van der Waals surface area contributed by atoms with Crippen LogP contribution >= 0.6 is 0 Å². The molecule has 182 valence electrons. The van der Waals surface area contributed by atoms with E-state index in [2.05, 4.69) is 0 Å². The summed E-state index contributed by atoms with van der Waals surface area (Å²) in [4.78, 5) is 24.7. The third-order valence-electron chi connectivity index (χ3n) is 5.78. The quantitative estimate of drug-likeness (QED) is 0.270. The van der Waals surface area contributed by atoms with Crippen molar-refractivity contribution in [2.24, 2.45) is 0 Å². The molecule has 0 radical (unpaired) electrons. The molecule has 0 atom stereocenters. The van der Waals surface area contributed by atoms with E-state index in [1.54, 1.807) is 24.3 Å². The number of hydrogen-bond acceptors (Lipinski definition) is 7. The Bertz CT molecular complexity index is 1830. The number of phenols is 3. The Balaban J connectivity index is 0.000000153. The zero-order valence-corrected chi connectivity index (χ0v) is 19.3. The highest BCUT2D eigenvalue weighted by Gasteiger charge is 2.14. The molecule has 2 heterocycles. The van der Waals surface area contributed by atoms with Gasteiger partial charge in [-0.3, -0.25) is 9.59 Å². The Morgan fingerprint density at radius 1 is 0.541 bits per heavy atom. The molecule has 0 spiro atoms. The van der Waals surface area contributed by atoms with Crippen molar-refractivity contribution in [1.29, 1.82) is 0 Å². The first-order chi connectivity index (χ1) is 17.9. The zero-order chi connectivity index (χ0) is 25.9. The van der Waals surface area contributed by atoms with Gasteiger partial charge in [-0.25, -0.2) is 0 Å². The van der Waals surface area contributed by atoms with Crippen molar-refractivity contribution >= 4 is 21.9 Å². The lowest BCUT2D eigenvalue weighted by molar-refractivity contribution is 0.452. The highest BCUT2D eigenvalue weighted by Crippen LogP contribution is 2.30. The summed E-state index contributed by atoms with van der Waals surface area (Å²) in [6, 6.07) is 25.2. The number of para-hydroxylation sites is 1. The molecule has 0 aliphatic heterocycles. The lowest BCUT2D eigenvalue weighted by atomic mass is 10.0. The second-order valence-corrected chi connectivity index (χ2v) is 8.20. The van der Waals surface area contributed by atoms with E-state index in [0.29, 0.717) is 22.1 Å². The molecule has 0 aliphatic carbocycles. The van der Waals surface area contributed by atoms with Crippen LogP contribution in [0.1, 0.15) is 0 Å². The Labute approximate surface area is 209 Å². The predicted octanol–water partition coefficient (Wildman–Crippen LogP) is 6.04. The van der Waals surface area contributed by atoms with E-state index < -0.39 is 5.43 Å². The maximum Gasteiger partial charge on any atom is 0.204 e. The van der Waals surface area contributed by atoms with Gasteiger partial charge in [0.15, 0.2) is 5.43 Å². The molecular weight excluding hydrogens is 472 g/mol. The molecule has 0 aliphatic rings. The first-order valence-electron chi connectivity index (χ1n) is 11.3. The number of phenolic OH excluding ortho intramolecular Hbond substituents is 3. The van der Waals surface area contributed by atoms with Crippen LogP contribution in [0.2, 0.25) is 0 Å². The summed E-state index contributed by atoms with van der Waals surface area (Å²) in [6.07, 6.45) is 2.79. The molecule has 0 unspecified atom stereocenters. The zero-order valence-electron chi connectivity index (χ0n) is 19.3. The van der Waals surface area contributed by atoms with Crippen LogP contribution in [0, 0.1) is 0 Å². The minimum Gasteiger partial charge on any atom is -0.508 e. The topological polar surface area (TPSA) is 121 Å². The number of benzene rings is 4. The van der Waals surface area contributed by atoms with E-state index >= 15 is 0 Å². The lowest BCUT2D eigenvalue weighted by Gasteiger charge is -2.05. The van der Waals surface area contributed by atoms with Crippen molar-refractivity contribution in [2.75, 3.05) is 0 Å². The third kappa shape index (κ3) is 4.66. The molecule has 7 nitrogen and oxygen atoms in total. The Kier molecular flexibility index (Phi) is 6.18. The molecule has 6 rings (SSSR count). The van der Waals surface area contributed by atoms with Crippen molar-refractivity contribution in [3.8, 4) is 39.5 Å². The third-order valence-corrected chi connectivity index (χ3v) is 5.78. The summed E-state index contributed by atoms with van der Waals surface area (Å²) in [5.41, 5.74) is 2.64. The summed E-state index contributed by atoms with van der Waals surface area (Å²) in [7, 11) is 0. The largest absolute Gasteiger partial charge is 0.508 e. The van der Waals surface area contributed by atoms with Crippen molar-refractivity contribution in [3.05, 3.63) is 124 Å². The Hall–Kier alpha value is -5.30. The second-order valence-electron chi connectivity index (χ2n) is 8.20. The average Bonchev–Trinajstić information content (AvgIpc) is 2.90. The predicted molar refractivity (Wildman–Crippen MR) is 141 cm³/mol. The molecule has 37 heavy (non-hydrogen) atoms. The summed E-state index contributed by atoms with van der Waals surface area (Å²) in [6.45, 7) is 0. The van der Waals surface area contributed by atoms with Crippen molar-refractivity contribution in [1.82, 2.24) is 0 Å². The average molecular weight is 492 g/mol. The van der Waals surface area contributed by atoms with Crippen LogP contribution in [0.5, 0.6) is 17.2 Å². The van der Waals surface area contributed by atoms with E-state index in [4.69, 9.17) is 8.83 Å². The summed E-state index contributed by atoms with van der Waals surface area (Å²) in [5.74, 6) is -0.434. The molecular formula is C30H20O7. The van der Waals surface area contributed by atoms with Gasteiger partial charge in [-0.1, -0.05) is 54.6 Å². The molecule has 7 heteroatoms. The number of aromatic hydroxyl groups is 3. The van der Waals surface area contributed by atoms with Crippen LogP contribution in [0.3, 0.4) is 0 Å². The summed E-state index contributed by atoms with van der Waals surface area (Å²) < 4.78 is 10.8. The Morgan fingerprint density at radius 3 is 1.86 bits per heavy atom. The Morgan fingerprint density at radius 2 is 1.14 bits per heavy atom. The van der Waals surface area contributed by atoms with Gasteiger partial charge in [0, 0.05) is 12.1 Å². The van der Waals surface area contributed by atoms with Crippen molar-refractivity contribution < 1.29 is 24.2 Å². The van der Waals surface area contributed by atoms with Gasteiger partial charge in [0.2, 0.25) is 5.43 Å². The van der Waals surface area contributed by atoms with E-state index in [9.17, 15) is 24.9 Å². The highest BCUT2D eigenvalue weighted by molar-refractivity contribution is 5.88. The fraction of sp³-hybridized carbons (Fsp3) is 0. The van der Waals surface area contributed by atoms with Crippen LogP contribution in [-0.2, 0) is 0 Å². The summed E-state index contributed by atoms with van der Waals surface area (Å²) in [5, 5.41) is 29.0. The van der Waals surface area contributed by atoms with E-state index in [1.807, 2.05) is 42.5 Å². The molecule has 3 N–H and O–H groups in total. The van der Waals surface area contributed by atoms with E-state index in [-0.39, 0.29) is 39.2 Å². The highest BCUT2D eigenvalue weighted by atomic mass is 16.3. The number of fused-ring (bicyclic) bond motifs is 2. The molecule has 0 saturated heterocycles. The van der Waals surface area contributed by atoms with Crippen molar-refractivity contribution in [2.45, 2.75) is 0 Å². The fourth-order valence-corrected chi connectivity index (χ4v) is 3.95. The van der Waals surface area contributed by atoms with Gasteiger partial charge in [0.1, 0.15) is 46.3 Å². The number of rotatable bonds is 2. The van der Waals surface area contributed by atoms with Gasteiger partial charge in [0.05, 0.1) is 16.5 Å². The maximum atomic E-state index is 12.4. The van der Waals surface area contributed by atoms with Gasteiger partial charge in [-0.15, -0.1) is 0 Å². The smallest absolute Gasteiger partial charge is 0.204 e. The molecule has 4 aromatic carbocycles. The minimum atomic E-state index is -0.408. The fourth-order valence-electron chi connectivity index (χ4n) is 3.95. The van der Waals surface area contributed by atoms with E-state index in [1.165, 1.54) is 30.7 Å². The summed E-state index contributed by atoms with van der Waals surface area (Å²) >= 11 is 0. The van der Waals surface area contributed by atoms with Crippen LogP contribution in [0.15, 0.2) is 122 Å². The molecule has 2 aromatic heterocycles. The number of hydrogen-bond donors (Lipinski definition) is 3. The minimum absolute atomic E-state index is 0.00775. The van der Waals surface area contributed by atoms with Gasteiger partial charge in [0.25, 0.3) is 0 Å². The van der Waals surface area contributed by atoms with Gasteiger partial charge < -0.3 is 24.2 Å². The lowest BCUT2D eigenvalue weighted by Crippen LogP contribution is -2.04. The van der Waals surface area contributed by atoms with Crippen LogP contribution in [0.4, 0.5) is 0 Å². The molecule has 0 amide bonds. The van der Waals surface area contributed by atoms with E-state index in [0.717, 1.165) is 11.6 Å². The molecule has 0 bridgehead atoms. The van der Waals surface area contributed by atoms with Crippen molar-refractivity contribution in [3.63, 3.8) is 0 Å². The van der Waals surface area contributed by atoms with Gasteiger partial charge >= 0.3 is 0 Å². The maximum absolute atomic E-state index is 12.4.